The molecular weight excluding hydrogens is 433 g/mol. The quantitative estimate of drug-likeness (QED) is 0.434. The van der Waals surface area contributed by atoms with Crippen LogP contribution in [0.3, 0.4) is 0 Å². The van der Waals surface area contributed by atoms with Crippen molar-refractivity contribution in [2.75, 3.05) is 11.1 Å². The van der Waals surface area contributed by atoms with Crippen LogP contribution in [0.25, 0.3) is 11.4 Å². The number of allylic oxidation sites excluding steroid dienone is 1. The van der Waals surface area contributed by atoms with Gasteiger partial charge in [0, 0.05) is 29.0 Å². The van der Waals surface area contributed by atoms with Crippen LogP contribution in [-0.2, 0) is 11.3 Å². The first-order valence-corrected chi connectivity index (χ1v) is 9.68. The van der Waals surface area contributed by atoms with Gasteiger partial charge in [0.2, 0.25) is 5.91 Å². The summed E-state index contributed by atoms with van der Waals surface area (Å²) in [6, 6.07) is 8.13. The van der Waals surface area contributed by atoms with Crippen LogP contribution < -0.4 is 5.32 Å². The predicted octanol–water partition coefficient (Wildman–Crippen LogP) is 4.16. The third-order valence-electron chi connectivity index (χ3n) is 3.50. The number of aromatic nitrogens is 4. The average molecular weight is 448 g/mol. The van der Waals surface area contributed by atoms with Gasteiger partial charge >= 0.3 is 0 Å². The van der Waals surface area contributed by atoms with Crippen molar-refractivity contribution in [3.05, 3.63) is 65.7 Å². The molecule has 0 aliphatic carbocycles. The van der Waals surface area contributed by atoms with Gasteiger partial charge in [-0.3, -0.25) is 14.3 Å². The molecule has 0 bridgehead atoms. The Bertz CT molecular complexity index is 964. The van der Waals surface area contributed by atoms with E-state index in [4.69, 9.17) is 0 Å². The summed E-state index contributed by atoms with van der Waals surface area (Å²) >= 11 is 4.40. The molecule has 27 heavy (non-hydrogen) atoms. The molecule has 1 amide bonds. The van der Waals surface area contributed by atoms with Gasteiger partial charge in [-0.15, -0.1) is 16.8 Å². The monoisotopic (exact) mass is 447 g/mol. The molecule has 2 aromatic heterocycles. The van der Waals surface area contributed by atoms with E-state index in [0.717, 1.165) is 5.56 Å². The summed E-state index contributed by atoms with van der Waals surface area (Å²) in [5, 5.41) is 11.5. The van der Waals surface area contributed by atoms with Crippen LogP contribution >= 0.6 is 27.7 Å². The molecule has 2 heterocycles. The maximum Gasteiger partial charge on any atom is 0.234 e. The number of carbonyl (C=O) groups excluding carboxylic acids is 1. The largest absolute Gasteiger partial charge is 0.323 e. The molecule has 0 aliphatic rings. The lowest BCUT2D eigenvalue weighted by Crippen LogP contribution is -2.15. The summed E-state index contributed by atoms with van der Waals surface area (Å²) in [6.07, 6.45) is 5.08. The molecule has 3 rings (SSSR count). The molecule has 1 N–H and O–H groups in total. The third-order valence-corrected chi connectivity index (χ3v) is 4.96. The van der Waals surface area contributed by atoms with Crippen molar-refractivity contribution in [1.82, 2.24) is 19.7 Å². The number of hydrogen-bond acceptors (Lipinski definition) is 5. The summed E-state index contributed by atoms with van der Waals surface area (Å²) in [6.45, 7) is 4.25. The highest BCUT2D eigenvalue weighted by Gasteiger charge is 2.15. The van der Waals surface area contributed by atoms with Crippen LogP contribution in [0.1, 0.15) is 0 Å². The highest BCUT2D eigenvalue weighted by Crippen LogP contribution is 2.24. The molecule has 0 spiro atoms. The lowest BCUT2D eigenvalue weighted by Gasteiger charge is -2.08. The second-order valence-electron chi connectivity index (χ2n) is 5.40. The fraction of sp³-hybridized carbons (Fsp3) is 0.111. The zero-order chi connectivity index (χ0) is 19.2. The molecule has 0 radical (unpaired) electrons. The van der Waals surface area contributed by atoms with Gasteiger partial charge in [-0.1, -0.05) is 33.8 Å². The van der Waals surface area contributed by atoms with Gasteiger partial charge in [0.1, 0.15) is 5.82 Å². The molecule has 1 aromatic carbocycles. The van der Waals surface area contributed by atoms with Crippen molar-refractivity contribution in [3.63, 3.8) is 0 Å². The van der Waals surface area contributed by atoms with Crippen molar-refractivity contribution in [2.45, 2.75) is 11.7 Å². The SMILES string of the molecule is C=CCn1c(SCC(=O)Nc2ccc(Br)cc2F)nnc1-c1ccncc1. The summed E-state index contributed by atoms with van der Waals surface area (Å²) < 4.78 is 16.3. The lowest BCUT2D eigenvalue weighted by molar-refractivity contribution is -0.113. The Labute approximate surface area is 168 Å². The third kappa shape index (κ3) is 4.81. The smallest absolute Gasteiger partial charge is 0.234 e. The molecular formula is C18H15BrFN5OS. The molecule has 6 nitrogen and oxygen atoms in total. The van der Waals surface area contributed by atoms with Crippen molar-refractivity contribution in [2.24, 2.45) is 0 Å². The zero-order valence-electron chi connectivity index (χ0n) is 14.1. The number of pyridine rings is 1. The molecule has 0 saturated heterocycles. The summed E-state index contributed by atoms with van der Waals surface area (Å²) in [7, 11) is 0. The van der Waals surface area contributed by atoms with Crippen molar-refractivity contribution in [1.29, 1.82) is 0 Å². The van der Waals surface area contributed by atoms with Gasteiger partial charge in [0.05, 0.1) is 11.4 Å². The van der Waals surface area contributed by atoms with E-state index in [9.17, 15) is 9.18 Å². The minimum Gasteiger partial charge on any atom is -0.323 e. The summed E-state index contributed by atoms with van der Waals surface area (Å²) in [5.74, 6) is -0.0993. The van der Waals surface area contributed by atoms with Gasteiger partial charge in [0.15, 0.2) is 11.0 Å². The van der Waals surface area contributed by atoms with Crippen molar-refractivity contribution < 1.29 is 9.18 Å². The highest BCUT2D eigenvalue weighted by molar-refractivity contribution is 9.10. The lowest BCUT2D eigenvalue weighted by atomic mass is 10.2. The van der Waals surface area contributed by atoms with Crippen LogP contribution in [-0.4, -0.2) is 31.4 Å². The van der Waals surface area contributed by atoms with E-state index in [1.807, 2.05) is 16.7 Å². The van der Waals surface area contributed by atoms with Crippen LogP contribution in [0.15, 0.2) is 65.0 Å². The highest BCUT2D eigenvalue weighted by atomic mass is 79.9. The molecule has 138 valence electrons. The van der Waals surface area contributed by atoms with E-state index in [0.29, 0.717) is 22.0 Å². The Morgan fingerprint density at radius 2 is 2.07 bits per heavy atom. The molecule has 0 atom stereocenters. The molecule has 0 saturated carbocycles. The fourth-order valence-corrected chi connectivity index (χ4v) is 3.39. The number of amides is 1. The second-order valence-corrected chi connectivity index (χ2v) is 7.26. The predicted molar refractivity (Wildman–Crippen MR) is 107 cm³/mol. The van der Waals surface area contributed by atoms with Gasteiger partial charge in [-0.25, -0.2) is 4.39 Å². The van der Waals surface area contributed by atoms with Crippen molar-refractivity contribution >= 4 is 39.3 Å². The van der Waals surface area contributed by atoms with E-state index in [1.54, 1.807) is 24.5 Å². The Hall–Kier alpha value is -2.52. The van der Waals surface area contributed by atoms with E-state index >= 15 is 0 Å². The first-order valence-electron chi connectivity index (χ1n) is 7.90. The number of nitrogens with one attached hydrogen (secondary N) is 1. The maximum absolute atomic E-state index is 13.8. The maximum atomic E-state index is 13.8. The average Bonchev–Trinajstić information content (AvgIpc) is 3.06. The first-order chi connectivity index (χ1) is 13.1. The number of benzene rings is 1. The zero-order valence-corrected chi connectivity index (χ0v) is 16.5. The first kappa shape index (κ1) is 19.2. The minimum atomic E-state index is -0.502. The van der Waals surface area contributed by atoms with E-state index in [-0.39, 0.29) is 17.3 Å². The van der Waals surface area contributed by atoms with Crippen LogP contribution in [0.4, 0.5) is 10.1 Å². The van der Waals surface area contributed by atoms with E-state index < -0.39 is 5.82 Å². The minimum absolute atomic E-state index is 0.0706. The molecule has 0 fully saturated rings. The number of rotatable bonds is 7. The van der Waals surface area contributed by atoms with Crippen LogP contribution in [0, 0.1) is 5.82 Å². The van der Waals surface area contributed by atoms with E-state index in [1.165, 1.54) is 23.9 Å². The standard InChI is InChI=1S/C18H15BrFN5OS/c1-2-9-25-17(12-5-7-21-8-6-12)23-24-18(25)27-11-16(26)22-15-4-3-13(19)10-14(15)20/h2-8,10H,1,9,11H2,(H,22,26). The van der Waals surface area contributed by atoms with Gasteiger partial charge < -0.3 is 5.32 Å². The Balaban J connectivity index is 1.71. The molecule has 3 aromatic rings. The number of carbonyl (C=O) groups is 1. The van der Waals surface area contributed by atoms with Crippen LogP contribution in [0.5, 0.6) is 0 Å². The molecule has 9 heteroatoms. The number of hydrogen-bond donors (Lipinski definition) is 1. The second kappa shape index (κ2) is 8.92. The Kier molecular flexibility index (Phi) is 6.36. The summed E-state index contributed by atoms with van der Waals surface area (Å²) in [5.41, 5.74) is 1.00. The normalized spacial score (nSPS) is 10.6. The Morgan fingerprint density at radius 1 is 1.30 bits per heavy atom. The molecule has 0 aliphatic heterocycles. The summed E-state index contributed by atoms with van der Waals surface area (Å²) in [4.78, 5) is 16.2. The van der Waals surface area contributed by atoms with E-state index in [2.05, 4.69) is 43.0 Å². The molecule has 0 unspecified atom stereocenters. The number of thioether (sulfide) groups is 1. The van der Waals surface area contributed by atoms with Gasteiger partial charge in [0.25, 0.3) is 0 Å². The fourth-order valence-electron chi connectivity index (χ4n) is 2.31. The van der Waals surface area contributed by atoms with Gasteiger partial charge in [-0.05, 0) is 30.3 Å². The number of nitrogens with zero attached hydrogens (tertiary/aromatic N) is 4. The number of anilines is 1. The Morgan fingerprint density at radius 3 is 2.78 bits per heavy atom. The van der Waals surface area contributed by atoms with Gasteiger partial charge in [-0.2, -0.15) is 0 Å². The van der Waals surface area contributed by atoms with Crippen LogP contribution in [0.2, 0.25) is 0 Å². The number of halogens is 2. The topological polar surface area (TPSA) is 72.7 Å². The van der Waals surface area contributed by atoms with Crippen molar-refractivity contribution in [3.8, 4) is 11.4 Å².